The molecule has 0 amide bonds. The van der Waals surface area contributed by atoms with E-state index >= 15 is 0 Å². The van der Waals surface area contributed by atoms with Crippen molar-refractivity contribution in [2.75, 3.05) is 19.3 Å². The normalized spacial score (nSPS) is 20.6. The molecule has 1 unspecified atom stereocenters. The van der Waals surface area contributed by atoms with Gasteiger partial charge < -0.3 is 4.98 Å². The Bertz CT molecular complexity index is 677. The van der Waals surface area contributed by atoms with E-state index in [-0.39, 0.29) is 5.92 Å². The van der Waals surface area contributed by atoms with Gasteiger partial charge in [-0.25, -0.2) is 13.4 Å². The van der Waals surface area contributed by atoms with Crippen LogP contribution in [0.5, 0.6) is 0 Å². The monoisotopic (exact) mass is 295 g/mol. The maximum Gasteiger partial charge on any atom is 0.178 e. The number of likely N-dealkylation sites (tertiary alicyclic amines) is 1. The van der Waals surface area contributed by atoms with Gasteiger partial charge in [0.05, 0.1) is 18.4 Å². The molecule has 108 valence electrons. The van der Waals surface area contributed by atoms with Crippen LogP contribution in [-0.4, -0.2) is 52.8 Å². The largest absolute Gasteiger partial charge is 0.348 e. The molecule has 2 N–H and O–H groups in total. The summed E-state index contributed by atoms with van der Waals surface area (Å²) in [4.78, 5) is 9.87. The van der Waals surface area contributed by atoms with Gasteiger partial charge in [0.25, 0.3) is 0 Å². The lowest BCUT2D eigenvalue weighted by atomic mass is 10.1. The Morgan fingerprint density at radius 1 is 1.50 bits per heavy atom. The van der Waals surface area contributed by atoms with Crippen LogP contribution in [0, 0.1) is 0 Å². The standard InChI is InChI=1S/C12H17N5O2S/c1-20(18,19)10-6-15-16-12(10)9-2-5-17(7-9)8-11-13-3-4-14-11/h3-4,6,9H,2,5,7-8H2,1H3,(H,13,14)(H,15,16). The number of rotatable bonds is 4. The van der Waals surface area contributed by atoms with Gasteiger partial charge in [-0.1, -0.05) is 0 Å². The van der Waals surface area contributed by atoms with Crippen LogP contribution in [0.1, 0.15) is 23.9 Å². The molecule has 0 saturated carbocycles. The Kier molecular flexibility index (Phi) is 3.35. The van der Waals surface area contributed by atoms with Gasteiger partial charge in [-0.3, -0.25) is 10.00 Å². The summed E-state index contributed by atoms with van der Waals surface area (Å²) in [7, 11) is -3.23. The second-order valence-corrected chi connectivity index (χ2v) is 7.16. The van der Waals surface area contributed by atoms with E-state index in [1.807, 2.05) is 0 Å². The number of imidazole rings is 1. The zero-order valence-electron chi connectivity index (χ0n) is 11.2. The molecule has 0 spiro atoms. The van der Waals surface area contributed by atoms with Gasteiger partial charge in [-0.05, 0) is 13.0 Å². The van der Waals surface area contributed by atoms with Gasteiger partial charge in [0, 0.05) is 31.1 Å². The Balaban J connectivity index is 1.73. The van der Waals surface area contributed by atoms with E-state index in [4.69, 9.17) is 0 Å². The molecule has 20 heavy (non-hydrogen) atoms. The summed E-state index contributed by atoms with van der Waals surface area (Å²) in [5.74, 6) is 1.11. The average Bonchev–Trinajstić information content (AvgIpc) is 3.08. The Hall–Kier alpha value is -1.67. The van der Waals surface area contributed by atoms with Crippen LogP contribution in [-0.2, 0) is 16.4 Å². The molecule has 1 atom stereocenters. The van der Waals surface area contributed by atoms with Crippen LogP contribution in [0.4, 0.5) is 0 Å². The van der Waals surface area contributed by atoms with E-state index in [9.17, 15) is 8.42 Å². The van der Waals surface area contributed by atoms with Gasteiger partial charge in [-0.2, -0.15) is 5.10 Å². The lowest BCUT2D eigenvalue weighted by Crippen LogP contribution is -2.20. The van der Waals surface area contributed by atoms with Gasteiger partial charge in [0.2, 0.25) is 0 Å². The summed E-state index contributed by atoms with van der Waals surface area (Å²) in [6.45, 7) is 2.49. The highest BCUT2D eigenvalue weighted by Gasteiger charge is 2.29. The maximum absolute atomic E-state index is 11.7. The fraction of sp³-hybridized carbons (Fsp3) is 0.500. The van der Waals surface area contributed by atoms with Gasteiger partial charge in [0.1, 0.15) is 10.7 Å². The van der Waals surface area contributed by atoms with Crippen molar-refractivity contribution in [3.05, 3.63) is 30.1 Å². The summed E-state index contributed by atoms with van der Waals surface area (Å²) in [5.41, 5.74) is 0.731. The molecule has 3 heterocycles. The number of aromatic amines is 2. The molecule has 7 nitrogen and oxygen atoms in total. The summed E-state index contributed by atoms with van der Waals surface area (Å²) in [6, 6.07) is 0. The SMILES string of the molecule is CS(=O)(=O)c1cn[nH]c1C1CCN(Cc2ncc[nH]2)C1. The van der Waals surface area contributed by atoms with Crippen molar-refractivity contribution in [1.82, 2.24) is 25.1 Å². The van der Waals surface area contributed by atoms with Crippen molar-refractivity contribution in [3.63, 3.8) is 0 Å². The van der Waals surface area contributed by atoms with Crippen molar-refractivity contribution < 1.29 is 8.42 Å². The zero-order chi connectivity index (χ0) is 14.2. The molecule has 1 aliphatic heterocycles. The Labute approximate surface area is 117 Å². The third-order valence-electron chi connectivity index (χ3n) is 3.64. The summed E-state index contributed by atoms with van der Waals surface area (Å²) in [5, 5.41) is 6.75. The second-order valence-electron chi connectivity index (χ2n) is 5.18. The predicted octanol–water partition coefficient (Wildman–Crippen LogP) is 0.526. The first kappa shape index (κ1) is 13.3. The summed E-state index contributed by atoms with van der Waals surface area (Å²) in [6.07, 6.45) is 7.08. The molecule has 0 aromatic carbocycles. The molecule has 0 bridgehead atoms. The molecule has 3 rings (SSSR count). The van der Waals surface area contributed by atoms with Crippen molar-refractivity contribution in [1.29, 1.82) is 0 Å². The van der Waals surface area contributed by atoms with Gasteiger partial charge in [0.15, 0.2) is 9.84 Å². The smallest absolute Gasteiger partial charge is 0.178 e. The molecule has 2 aromatic heterocycles. The molecule has 1 aliphatic rings. The third-order valence-corrected chi connectivity index (χ3v) is 4.76. The highest BCUT2D eigenvalue weighted by Crippen LogP contribution is 2.30. The van der Waals surface area contributed by atoms with Crippen LogP contribution in [0.2, 0.25) is 0 Å². The van der Waals surface area contributed by atoms with E-state index in [0.717, 1.165) is 37.6 Å². The lowest BCUT2D eigenvalue weighted by molar-refractivity contribution is 0.318. The third kappa shape index (κ3) is 2.61. The second kappa shape index (κ2) is 5.02. The molecular formula is C12H17N5O2S. The van der Waals surface area contributed by atoms with Crippen molar-refractivity contribution in [2.24, 2.45) is 0 Å². The minimum absolute atomic E-state index is 0.178. The molecular weight excluding hydrogens is 278 g/mol. The quantitative estimate of drug-likeness (QED) is 0.858. The van der Waals surface area contributed by atoms with Crippen LogP contribution >= 0.6 is 0 Å². The number of hydrogen-bond acceptors (Lipinski definition) is 5. The van der Waals surface area contributed by atoms with E-state index < -0.39 is 9.84 Å². The highest BCUT2D eigenvalue weighted by atomic mass is 32.2. The van der Waals surface area contributed by atoms with Gasteiger partial charge >= 0.3 is 0 Å². The number of aromatic nitrogens is 4. The van der Waals surface area contributed by atoms with E-state index in [2.05, 4.69) is 25.1 Å². The number of sulfone groups is 1. The van der Waals surface area contributed by atoms with Crippen LogP contribution in [0.15, 0.2) is 23.5 Å². The zero-order valence-corrected chi connectivity index (χ0v) is 12.0. The lowest BCUT2D eigenvalue weighted by Gasteiger charge is -2.14. The first-order chi connectivity index (χ1) is 9.54. The number of H-pyrrole nitrogens is 2. The maximum atomic E-state index is 11.7. The Morgan fingerprint density at radius 2 is 2.35 bits per heavy atom. The van der Waals surface area contributed by atoms with Crippen molar-refractivity contribution >= 4 is 9.84 Å². The number of nitrogens with zero attached hydrogens (tertiary/aromatic N) is 3. The fourth-order valence-electron chi connectivity index (χ4n) is 2.68. The van der Waals surface area contributed by atoms with E-state index in [0.29, 0.717) is 4.90 Å². The minimum atomic E-state index is -3.23. The molecule has 1 saturated heterocycles. The first-order valence-corrected chi connectivity index (χ1v) is 8.37. The Morgan fingerprint density at radius 3 is 3.05 bits per heavy atom. The van der Waals surface area contributed by atoms with E-state index in [1.54, 1.807) is 12.4 Å². The van der Waals surface area contributed by atoms with Crippen LogP contribution < -0.4 is 0 Å². The van der Waals surface area contributed by atoms with Crippen molar-refractivity contribution in [3.8, 4) is 0 Å². The summed E-state index contributed by atoms with van der Waals surface area (Å²) >= 11 is 0. The molecule has 8 heteroatoms. The average molecular weight is 295 g/mol. The number of hydrogen-bond donors (Lipinski definition) is 2. The molecule has 2 aromatic rings. The summed E-state index contributed by atoms with van der Waals surface area (Å²) < 4.78 is 23.4. The predicted molar refractivity (Wildman–Crippen MR) is 72.9 cm³/mol. The minimum Gasteiger partial charge on any atom is -0.348 e. The fourth-order valence-corrected chi connectivity index (χ4v) is 3.54. The van der Waals surface area contributed by atoms with E-state index in [1.165, 1.54) is 12.5 Å². The van der Waals surface area contributed by atoms with Gasteiger partial charge in [-0.15, -0.1) is 0 Å². The van der Waals surface area contributed by atoms with Crippen LogP contribution in [0.3, 0.4) is 0 Å². The molecule has 0 radical (unpaired) electrons. The molecule has 1 fully saturated rings. The highest BCUT2D eigenvalue weighted by molar-refractivity contribution is 7.90. The first-order valence-electron chi connectivity index (χ1n) is 6.48. The molecule has 0 aliphatic carbocycles. The number of nitrogens with one attached hydrogen (secondary N) is 2. The van der Waals surface area contributed by atoms with Crippen molar-refractivity contribution in [2.45, 2.75) is 23.8 Å². The topological polar surface area (TPSA) is 94.7 Å². The van der Waals surface area contributed by atoms with Crippen LogP contribution in [0.25, 0.3) is 0 Å².